The topological polar surface area (TPSA) is 96.5 Å². The first-order valence-corrected chi connectivity index (χ1v) is 8.10. The predicted molar refractivity (Wildman–Crippen MR) is 97.9 cm³/mol. The second-order valence-corrected chi connectivity index (χ2v) is 5.86. The lowest BCUT2D eigenvalue weighted by molar-refractivity contribution is -0.114. The van der Waals surface area contributed by atoms with Gasteiger partial charge in [-0.3, -0.25) is 25.2 Å². The molecule has 0 aliphatic heterocycles. The minimum Gasteiger partial charge on any atom is -0.491 e. The fraction of sp³-hybridized carbons (Fsp3) is 0.211. The second-order valence-electron chi connectivity index (χ2n) is 5.86. The van der Waals surface area contributed by atoms with Gasteiger partial charge in [-0.05, 0) is 62.4 Å². The fourth-order valence-corrected chi connectivity index (χ4v) is 2.12. The number of hydrogen-bond donors (Lipinski definition) is 3. The van der Waals surface area contributed by atoms with Gasteiger partial charge in [-0.2, -0.15) is 0 Å². The number of nitrogens with one attached hydrogen (secondary N) is 3. The molecule has 0 aliphatic rings. The number of hydrazine groups is 1. The summed E-state index contributed by atoms with van der Waals surface area (Å²) >= 11 is 0. The van der Waals surface area contributed by atoms with E-state index >= 15 is 0 Å². The Morgan fingerprint density at radius 2 is 1.27 bits per heavy atom. The lowest BCUT2D eigenvalue weighted by atomic mass is 10.2. The summed E-state index contributed by atoms with van der Waals surface area (Å²) in [6.07, 6.45) is 0.0472. The Kier molecular flexibility index (Phi) is 6.32. The molecule has 0 saturated heterocycles. The maximum Gasteiger partial charge on any atom is 0.269 e. The molecule has 7 nitrogen and oxygen atoms in total. The quantitative estimate of drug-likeness (QED) is 0.718. The zero-order valence-electron chi connectivity index (χ0n) is 14.8. The minimum atomic E-state index is -0.465. The van der Waals surface area contributed by atoms with Gasteiger partial charge in [-0.25, -0.2) is 0 Å². The van der Waals surface area contributed by atoms with E-state index in [4.69, 9.17) is 4.74 Å². The molecule has 0 unspecified atom stereocenters. The van der Waals surface area contributed by atoms with Crippen molar-refractivity contribution in [1.82, 2.24) is 10.9 Å². The average molecular weight is 355 g/mol. The van der Waals surface area contributed by atoms with E-state index in [1.54, 1.807) is 48.5 Å². The SMILES string of the molecule is CC(=O)Nc1ccc(C(=O)NNC(=O)c2ccc(OC(C)C)cc2)cc1. The van der Waals surface area contributed by atoms with E-state index in [0.717, 1.165) is 0 Å². The zero-order valence-corrected chi connectivity index (χ0v) is 14.8. The van der Waals surface area contributed by atoms with Gasteiger partial charge in [0, 0.05) is 23.7 Å². The van der Waals surface area contributed by atoms with Crippen LogP contribution in [-0.2, 0) is 4.79 Å². The summed E-state index contributed by atoms with van der Waals surface area (Å²) in [5.74, 6) is -0.434. The molecule has 7 heteroatoms. The van der Waals surface area contributed by atoms with Crippen LogP contribution >= 0.6 is 0 Å². The third kappa shape index (κ3) is 5.62. The van der Waals surface area contributed by atoms with E-state index in [1.165, 1.54) is 6.92 Å². The highest BCUT2D eigenvalue weighted by Crippen LogP contribution is 2.13. The van der Waals surface area contributed by atoms with Gasteiger partial charge in [0.2, 0.25) is 5.91 Å². The third-order valence-electron chi connectivity index (χ3n) is 3.25. The molecule has 0 atom stereocenters. The van der Waals surface area contributed by atoms with E-state index < -0.39 is 11.8 Å². The normalized spacial score (nSPS) is 10.2. The first-order valence-electron chi connectivity index (χ1n) is 8.10. The Morgan fingerprint density at radius 1 is 0.808 bits per heavy atom. The van der Waals surface area contributed by atoms with E-state index in [0.29, 0.717) is 22.6 Å². The Bertz CT molecular complexity index is 783. The maximum atomic E-state index is 12.1. The lowest BCUT2D eigenvalue weighted by Crippen LogP contribution is -2.41. The molecule has 3 amide bonds. The van der Waals surface area contributed by atoms with Crippen LogP contribution in [0.3, 0.4) is 0 Å². The van der Waals surface area contributed by atoms with Crippen LogP contribution in [0.1, 0.15) is 41.5 Å². The number of benzene rings is 2. The van der Waals surface area contributed by atoms with Gasteiger partial charge >= 0.3 is 0 Å². The molecule has 0 radical (unpaired) electrons. The van der Waals surface area contributed by atoms with Crippen molar-refractivity contribution < 1.29 is 19.1 Å². The van der Waals surface area contributed by atoms with Crippen LogP contribution in [0.15, 0.2) is 48.5 Å². The standard InChI is InChI=1S/C19H21N3O4/c1-12(2)26-17-10-6-15(7-11-17)19(25)22-21-18(24)14-4-8-16(9-5-14)20-13(3)23/h4-12H,1-3H3,(H,20,23)(H,21,24)(H,22,25). The van der Waals surface area contributed by atoms with Crippen LogP contribution in [0.5, 0.6) is 5.75 Å². The van der Waals surface area contributed by atoms with E-state index in [1.807, 2.05) is 13.8 Å². The molecule has 0 fully saturated rings. The Labute approximate surface area is 151 Å². The molecule has 26 heavy (non-hydrogen) atoms. The van der Waals surface area contributed by atoms with Gasteiger partial charge in [0.15, 0.2) is 0 Å². The van der Waals surface area contributed by atoms with Gasteiger partial charge in [0.1, 0.15) is 5.75 Å². The number of rotatable bonds is 5. The number of amides is 3. The molecule has 0 bridgehead atoms. The molecular weight excluding hydrogens is 334 g/mol. The first kappa shape index (κ1) is 19.0. The number of carbonyl (C=O) groups is 3. The lowest BCUT2D eigenvalue weighted by Gasteiger charge is -2.11. The molecular formula is C19H21N3O4. The van der Waals surface area contributed by atoms with E-state index in [9.17, 15) is 14.4 Å². The van der Waals surface area contributed by atoms with Gasteiger partial charge in [-0.15, -0.1) is 0 Å². The highest BCUT2D eigenvalue weighted by molar-refractivity contribution is 5.99. The van der Waals surface area contributed by atoms with Crippen molar-refractivity contribution >= 4 is 23.4 Å². The smallest absolute Gasteiger partial charge is 0.269 e. The van der Waals surface area contributed by atoms with Crippen molar-refractivity contribution in [2.45, 2.75) is 26.9 Å². The molecule has 136 valence electrons. The van der Waals surface area contributed by atoms with E-state index in [2.05, 4.69) is 16.2 Å². The van der Waals surface area contributed by atoms with Crippen molar-refractivity contribution in [2.75, 3.05) is 5.32 Å². The molecule has 0 aliphatic carbocycles. The monoisotopic (exact) mass is 355 g/mol. The van der Waals surface area contributed by atoms with Gasteiger partial charge in [0.25, 0.3) is 11.8 Å². The highest BCUT2D eigenvalue weighted by Gasteiger charge is 2.10. The number of ether oxygens (including phenoxy) is 1. The molecule has 2 aromatic carbocycles. The fourth-order valence-electron chi connectivity index (χ4n) is 2.12. The Balaban J connectivity index is 1.90. The van der Waals surface area contributed by atoms with Gasteiger partial charge in [-0.1, -0.05) is 0 Å². The Morgan fingerprint density at radius 3 is 1.69 bits per heavy atom. The Hall–Kier alpha value is -3.35. The summed E-state index contributed by atoms with van der Waals surface area (Å²) in [7, 11) is 0. The van der Waals surface area contributed by atoms with Gasteiger partial charge in [0.05, 0.1) is 6.10 Å². The summed E-state index contributed by atoms with van der Waals surface area (Å²) in [5, 5.41) is 2.61. The van der Waals surface area contributed by atoms with Crippen molar-refractivity contribution in [1.29, 1.82) is 0 Å². The minimum absolute atomic E-state index is 0.0472. The number of hydrogen-bond acceptors (Lipinski definition) is 4. The van der Waals surface area contributed by atoms with Crippen LogP contribution in [0.4, 0.5) is 5.69 Å². The van der Waals surface area contributed by atoms with Crippen LogP contribution in [0.2, 0.25) is 0 Å². The van der Waals surface area contributed by atoms with Crippen LogP contribution < -0.4 is 20.9 Å². The molecule has 3 N–H and O–H groups in total. The van der Waals surface area contributed by atoms with Crippen molar-refractivity contribution in [3.63, 3.8) is 0 Å². The third-order valence-corrected chi connectivity index (χ3v) is 3.25. The molecule has 0 spiro atoms. The molecule has 2 rings (SSSR count). The molecule has 0 aromatic heterocycles. The largest absolute Gasteiger partial charge is 0.491 e. The summed E-state index contributed by atoms with van der Waals surface area (Å²) in [5.41, 5.74) is 6.03. The summed E-state index contributed by atoms with van der Waals surface area (Å²) < 4.78 is 5.51. The summed E-state index contributed by atoms with van der Waals surface area (Å²) in [6.45, 7) is 5.23. The number of carbonyl (C=O) groups excluding carboxylic acids is 3. The summed E-state index contributed by atoms with van der Waals surface area (Å²) in [6, 6.07) is 12.9. The average Bonchev–Trinajstić information content (AvgIpc) is 2.59. The zero-order chi connectivity index (χ0) is 19.1. The second kappa shape index (κ2) is 8.66. The van der Waals surface area contributed by atoms with Crippen molar-refractivity contribution in [2.24, 2.45) is 0 Å². The van der Waals surface area contributed by atoms with Crippen LogP contribution in [-0.4, -0.2) is 23.8 Å². The highest BCUT2D eigenvalue weighted by atomic mass is 16.5. The van der Waals surface area contributed by atoms with Crippen LogP contribution in [0, 0.1) is 0 Å². The van der Waals surface area contributed by atoms with Crippen molar-refractivity contribution in [3.8, 4) is 5.75 Å². The molecule has 0 heterocycles. The first-order chi connectivity index (χ1) is 12.3. The molecule has 2 aromatic rings. The van der Waals surface area contributed by atoms with Crippen LogP contribution in [0.25, 0.3) is 0 Å². The van der Waals surface area contributed by atoms with E-state index in [-0.39, 0.29) is 12.0 Å². The summed E-state index contributed by atoms with van der Waals surface area (Å²) in [4.78, 5) is 35.1. The predicted octanol–water partition coefficient (Wildman–Crippen LogP) is 2.51. The number of anilines is 1. The van der Waals surface area contributed by atoms with Gasteiger partial charge < -0.3 is 10.1 Å². The van der Waals surface area contributed by atoms with Crippen molar-refractivity contribution in [3.05, 3.63) is 59.7 Å². The maximum absolute atomic E-state index is 12.1. The molecule has 0 saturated carbocycles.